The second-order valence-electron chi connectivity index (χ2n) is 8.23. The molecule has 0 heterocycles. The van der Waals surface area contributed by atoms with E-state index in [1.807, 2.05) is 0 Å². The quantitative estimate of drug-likeness (QED) is 0.179. The van der Waals surface area contributed by atoms with E-state index in [0.717, 1.165) is 0 Å². The number of methoxy groups -OCH3 is 1. The van der Waals surface area contributed by atoms with Crippen LogP contribution in [0.5, 0.6) is 0 Å². The third kappa shape index (κ3) is 11.9. The van der Waals surface area contributed by atoms with E-state index >= 15 is 0 Å². The Hall–Kier alpha value is -2.78. The van der Waals surface area contributed by atoms with Crippen LogP contribution >= 0.6 is 23.2 Å². The highest BCUT2D eigenvalue weighted by Gasteiger charge is 2.21. The number of nitrogens with one attached hydrogen (secondary N) is 3. The number of aliphatic imine (C=N–C) groups is 1. The standard InChI is InChI=1S/C23H32Cl2N4O5/c1-23(2,3)34-22(32)28-8-6-7-27-14-16(13-26-4)21(31)29-19(12-20(30)33-5)15-9-17(24)11-18(25)10-15/h9-11,13-14,19,27H,6-8,12H2,1-5H3,(H,28,32)(H,29,31)/b16-14+,26-13?/t19-/m0/s1. The summed E-state index contributed by atoms with van der Waals surface area (Å²) < 4.78 is 9.92. The molecule has 0 unspecified atom stereocenters. The van der Waals surface area contributed by atoms with Crippen molar-refractivity contribution in [1.82, 2.24) is 16.0 Å². The fourth-order valence-electron chi connectivity index (χ4n) is 2.70. The summed E-state index contributed by atoms with van der Waals surface area (Å²) in [7, 11) is 2.80. The van der Waals surface area contributed by atoms with Crippen LogP contribution in [0, 0.1) is 0 Å². The molecule has 0 saturated heterocycles. The SMILES string of the molecule is CN=C/C(=C\NCCCNC(=O)OC(C)(C)C)C(=O)N[C@@H](CC(=O)OC)c1cc(Cl)cc(Cl)c1. The Balaban J connectivity index is 2.76. The summed E-state index contributed by atoms with van der Waals surface area (Å²) >= 11 is 12.2. The van der Waals surface area contributed by atoms with E-state index in [-0.39, 0.29) is 12.0 Å². The lowest BCUT2D eigenvalue weighted by atomic mass is 10.0. The van der Waals surface area contributed by atoms with Crippen LogP contribution in [0.2, 0.25) is 10.0 Å². The number of hydrogen-bond donors (Lipinski definition) is 3. The second-order valence-corrected chi connectivity index (χ2v) is 9.11. The molecule has 1 aromatic carbocycles. The van der Waals surface area contributed by atoms with E-state index in [2.05, 4.69) is 20.9 Å². The predicted molar refractivity (Wildman–Crippen MR) is 133 cm³/mol. The zero-order chi connectivity index (χ0) is 25.7. The normalized spacial score (nSPS) is 12.7. The van der Waals surface area contributed by atoms with Gasteiger partial charge >= 0.3 is 12.1 Å². The van der Waals surface area contributed by atoms with E-state index in [0.29, 0.717) is 35.1 Å². The second kappa shape index (κ2) is 14.5. The molecule has 0 spiro atoms. The van der Waals surface area contributed by atoms with Crippen molar-refractivity contribution in [2.45, 2.75) is 45.3 Å². The summed E-state index contributed by atoms with van der Waals surface area (Å²) in [5.41, 5.74) is 0.241. The number of carbonyl (C=O) groups is 3. The number of carbonyl (C=O) groups excluding carboxylic acids is 3. The number of ether oxygens (including phenoxy) is 2. The summed E-state index contributed by atoms with van der Waals surface area (Å²) in [6, 6.07) is 4.08. The maximum absolute atomic E-state index is 12.9. The molecule has 0 aliphatic rings. The molecule has 188 valence electrons. The summed E-state index contributed by atoms with van der Waals surface area (Å²) in [6.07, 6.45) is 2.90. The number of nitrogens with zero attached hydrogens (tertiary/aromatic N) is 1. The van der Waals surface area contributed by atoms with Crippen molar-refractivity contribution in [3.63, 3.8) is 0 Å². The highest BCUT2D eigenvalue weighted by atomic mass is 35.5. The zero-order valence-corrected chi connectivity index (χ0v) is 21.5. The van der Waals surface area contributed by atoms with Gasteiger partial charge in [-0.15, -0.1) is 0 Å². The van der Waals surface area contributed by atoms with Crippen molar-refractivity contribution in [3.05, 3.63) is 45.6 Å². The minimum Gasteiger partial charge on any atom is -0.469 e. The van der Waals surface area contributed by atoms with Crippen LogP contribution in [-0.2, 0) is 19.1 Å². The van der Waals surface area contributed by atoms with E-state index in [1.165, 1.54) is 26.6 Å². The molecule has 9 nitrogen and oxygen atoms in total. The van der Waals surface area contributed by atoms with Crippen LogP contribution in [0.1, 0.15) is 45.2 Å². The minimum absolute atomic E-state index is 0.112. The van der Waals surface area contributed by atoms with Gasteiger partial charge in [-0.3, -0.25) is 14.6 Å². The third-order valence-electron chi connectivity index (χ3n) is 4.15. The number of alkyl carbamates (subject to hydrolysis) is 1. The van der Waals surface area contributed by atoms with E-state index in [1.54, 1.807) is 39.0 Å². The van der Waals surface area contributed by atoms with Crippen molar-refractivity contribution in [2.24, 2.45) is 4.99 Å². The fourth-order valence-corrected chi connectivity index (χ4v) is 3.24. The molecule has 2 amide bonds. The first-order valence-corrected chi connectivity index (χ1v) is 11.4. The summed E-state index contributed by atoms with van der Waals surface area (Å²) in [4.78, 5) is 40.4. The molecular formula is C23H32Cl2N4O5. The lowest BCUT2D eigenvalue weighted by Gasteiger charge is -2.19. The summed E-state index contributed by atoms with van der Waals surface area (Å²) in [5, 5.41) is 9.22. The molecule has 34 heavy (non-hydrogen) atoms. The molecule has 1 rings (SSSR count). The van der Waals surface area contributed by atoms with Gasteiger partial charge in [0.25, 0.3) is 5.91 Å². The number of halogens is 2. The van der Waals surface area contributed by atoms with Crippen LogP contribution in [-0.4, -0.2) is 57.0 Å². The molecule has 11 heteroatoms. The molecule has 0 fully saturated rings. The third-order valence-corrected chi connectivity index (χ3v) is 4.58. The van der Waals surface area contributed by atoms with Crippen LogP contribution in [0.3, 0.4) is 0 Å². The molecule has 0 aliphatic heterocycles. The number of benzene rings is 1. The monoisotopic (exact) mass is 514 g/mol. The maximum atomic E-state index is 12.9. The Kier molecular flexibility index (Phi) is 12.5. The number of esters is 1. The Labute approximate surface area is 210 Å². The van der Waals surface area contributed by atoms with Crippen molar-refractivity contribution in [2.75, 3.05) is 27.2 Å². The number of hydrogen-bond acceptors (Lipinski definition) is 7. The molecule has 3 N–H and O–H groups in total. The maximum Gasteiger partial charge on any atom is 0.407 e. The molecule has 1 atom stereocenters. The molecule has 0 saturated carbocycles. The van der Waals surface area contributed by atoms with Crippen molar-refractivity contribution < 1.29 is 23.9 Å². The first kappa shape index (κ1) is 29.3. The molecular weight excluding hydrogens is 483 g/mol. The Morgan fingerprint density at radius 3 is 2.32 bits per heavy atom. The first-order chi connectivity index (χ1) is 15.9. The van der Waals surface area contributed by atoms with Gasteiger partial charge in [-0.25, -0.2) is 4.79 Å². The molecule has 0 radical (unpaired) electrons. The Morgan fingerprint density at radius 1 is 1.12 bits per heavy atom. The summed E-state index contributed by atoms with van der Waals surface area (Å²) in [5.74, 6) is -0.971. The van der Waals surface area contributed by atoms with Gasteiger partial charge in [0.05, 0.1) is 25.1 Å². The largest absolute Gasteiger partial charge is 0.469 e. The smallest absolute Gasteiger partial charge is 0.407 e. The predicted octanol–water partition coefficient (Wildman–Crippen LogP) is 3.80. The fraction of sp³-hybridized carbons (Fsp3) is 0.478. The zero-order valence-electron chi connectivity index (χ0n) is 20.0. The lowest BCUT2D eigenvalue weighted by Crippen LogP contribution is -2.34. The van der Waals surface area contributed by atoms with Crippen LogP contribution in [0.4, 0.5) is 4.79 Å². The number of rotatable bonds is 11. The van der Waals surface area contributed by atoms with Crippen LogP contribution in [0.25, 0.3) is 0 Å². The van der Waals surface area contributed by atoms with Gasteiger partial charge in [0.1, 0.15) is 5.60 Å². The van der Waals surface area contributed by atoms with Crippen molar-refractivity contribution in [1.29, 1.82) is 0 Å². The van der Waals surface area contributed by atoms with Gasteiger partial charge in [0.15, 0.2) is 0 Å². The minimum atomic E-state index is -0.720. The molecule has 0 bridgehead atoms. The molecule has 0 aromatic heterocycles. The Bertz CT molecular complexity index is 893. The van der Waals surface area contributed by atoms with Gasteiger partial charge < -0.3 is 25.4 Å². The van der Waals surface area contributed by atoms with E-state index < -0.39 is 29.6 Å². The highest BCUT2D eigenvalue weighted by molar-refractivity contribution is 6.34. The topological polar surface area (TPSA) is 118 Å². The lowest BCUT2D eigenvalue weighted by molar-refractivity contribution is -0.141. The van der Waals surface area contributed by atoms with Gasteiger partial charge in [0.2, 0.25) is 0 Å². The van der Waals surface area contributed by atoms with Gasteiger partial charge in [-0.1, -0.05) is 23.2 Å². The van der Waals surface area contributed by atoms with Gasteiger partial charge in [0, 0.05) is 42.6 Å². The molecule has 0 aliphatic carbocycles. The van der Waals surface area contributed by atoms with Crippen LogP contribution < -0.4 is 16.0 Å². The van der Waals surface area contributed by atoms with E-state index in [9.17, 15) is 14.4 Å². The van der Waals surface area contributed by atoms with Gasteiger partial charge in [-0.05, 0) is 51.0 Å². The Morgan fingerprint density at radius 2 is 1.76 bits per heavy atom. The van der Waals surface area contributed by atoms with E-state index in [4.69, 9.17) is 32.7 Å². The summed E-state index contributed by atoms with van der Waals surface area (Å²) in [6.45, 7) is 6.25. The van der Waals surface area contributed by atoms with Crippen molar-refractivity contribution >= 4 is 47.4 Å². The van der Waals surface area contributed by atoms with Crippen molar-refractivity contribution in [3.8, 4) is 0 Å². The average molecular weight is 515 g/mol. The first-order valence-electron chi connectivity index (χ1n) is 10.6. The number of amides is 2. The molecule has 1 aromatic rings. The average Bonchev–Trinajstić information content (AvgIpc) is 2.72. The highest BCUT2D eigenvalue weighted by Crippen LogP contribution is 2.26. The van der Waals surface area contributed by atoms with Crippen LogP contribution in [0.15, 0.2) is 35.0 Å². The van der Waals surface area contributed by atoms with Gasteiger partial charge in [-0.2, -0.15) is 0 Å².